The Bertz CT molecular complexity index is 546. The van der Waals surface area contributed by atoms with Crippen LogP contribution in [0.25, 0.3) is 6.08 Å². The molecule has 0 radical (unpaired) electrons. The third kappa shape index (κ3) is 2.08. The molecule has 1 aromatic carbocycles. The average Bonchev–Trinajstić information content (AvgIpc) is 2.33. The van der Waals surface area contributed by atoms with Gasteiger partial charge in [-0.25, -0.2) is 9.80 Å². The highest BCUT2D eigenvalue weighted by Crippen LogP contribution is 2.17. The van der Waals surface area contributed by atoms with E-state index in [1.54, 1.807) is 24.3 Å². The van der Waals surface area contributed by atoms with Crippen molar-refractivity contribution >= 4 is 23.6 Å². The first-order valence-electron chi connectivity index (χ1n) is 5.03. The molecule has 0 saturated carbocycles. The number of primary amides is 1. The summed E-state index contributed by atoms with van der Waals surface area (Å²) in [5.74, 6) is -0.212. The van der Waals surface area contributed by atoms with Crippen LogP contribution in [0.15, 0.2) is 35.4 Å². The predicted molar refractivity (Wildman–Crippen MR) is 64.6 cm³/mol. The number of hydrogen-bond acceptors (Lipinski definition) is 3. The largest absolute Gasteiger partial charge is 0.350 e. The van der Waals surface area contributed by atoms with E-state index >= 15 is 0 Å². The highest BCUT2D eigenvalue weighted by molar-refractivity contribution is 6.52. The van der Waals surface area contributed by atoms with Gasteiger partial charge in [-0.3, -0.25) is 4.79 Å². The Kier molecular flexibility index (Phi) is 2.74. The molecule has 1 aromatic rings. The molecule has 2 rings (SSSR count). The number of hydrogen-bond donors (Lipinski definition) is 1. The van der Waals surface area contributed by atoms with E-state index in [0.29, 0.717) is 5.56 Å². The van der Waals surface area contributed by atoms with Gasteiger partial charge >= 0.3 is 6.03 Å². The number of benzene rings is 1. The molecular weight excluding hydrogens is 218 g/mol. The van der Waals surface area contributed by atoms with Gasteiger partial charge in [0.2, 0.25) is 5.78 Å². The Morgan fingerprint density at radius 3 is 2.71 bits per heavy atom. The zero-order valence-electron chi connectivity index (χ0n) is 9.25. The van der Waals surface area contributed by atoms with Crippen molar-refractivity contribution in [2.24, 2.45) is 10.8 Å². The summed E-state index contributed by atoms with van der Waals surface area (Å²) in [5, 5.41) is 4.79. The average molecular weight is 229 g/mol. The predicted octanol–water partition coefficient (Wildman–Crippen LogP) is 1.26. The summed E-state index contributed by atoms with van der Waals surface area (Å²) in [4.78, 5) is 22.8. The molecule has 0 aliphatic heterocycles. The van der Waals surface area contributed by atoms with Crippen LogP contribution in [0.5, 0.6) is 0 Å². The van der Waals surface area contributed by atoms with Gasteiger partial charge in [0.05, 0.1) is 0 Å². The summed E-state index contributed by atoms with van der Waals surface area (Å²) < 4.78 is 0. The third-order valence-corrected chi connectivity index (χ3v) is 2.44. The minimum Gasteiger partial charge on any atom is -0.350 e. The molecule has 0 bridgehead atoms. The van der Waals surface area contributed by atoms with Gasteiger partial charge in [-0.2, -0.15) is 5.10 Å². The summed E-state index contributed by atoms with van der Waals surface area (Å²) in [6.45, 7) is 0. The quantitative estimate of drug-likeness (QED) is 0.736. The Hall–Kier alpha value is -2.43. The summed E-state index contributed by atoms with van der Waals surface area (Å²) in [6, 6.07) is 6.50. The van der Waals surface area contributed by atoms with Gasteiger partial charge in [0.15, 0.2) is 0 Å². The molecule has 0 aromatic heterocycles. The molecule has 0 spiro atoms. The first-order chi connectivity index (χ1) is 8.09. The monoisotopic (exact) mass is 229 g/mol. The highest BCUT2D eigenvalue weighted by atomic mass is 16.2. The van der Waals surface area contributed by atoms with Crippen LogP contribution in [0.1, 0.15) is 15.9 Å². The van der Waals surface area contributed by atoms with E-state index in [1.165, 1.54) is 7.05 Å². The summed E-state index contributed by atoms with van der Waals surface area (Å²) in [5.41, 5.74) is 6.66. The maximum absolute atomic E-state index is 12.0. The fourth-order valence-electron chi connectivity index (χ4n) is 1.52. The highest BCUT2D eigenvalue weighted by Gasteiger charge is 2.19. The molecule has 0 heterocycles. The Labute approximate surface area is 98.2 Å². The number of nitrogens with zero attached hydrogens (tertiary/aromatic N) is 2. The van der Waals surface area contributed by atoms with Crippen molar-refractivity contribution in [3.63, 3.8) is 0 Å². The molecule has 17 heavy (non-hydrogen) atoms. The van der Waals surface area contributed by atoms with Crippen molar-refractivity contribution in [3.8, 4) is 0 Å². The second kappa shape index (κ2) is 4.21. The molecule has 1 aliphatic carbocycles. The van der Waals surface area contributed by atoms with E-state index in [0.717, 1.165) is 10.6 Å². The van der Waals surface area contributed by atoms with E-state index < -0.39 is 6.03 Å². The number of allylic oxidation sites excluding steroid dienone is 1. The van der Waals surface area contributed by atoms with Gasteiger partial charge in [-0.05, 0) is 11.6 Å². The lowest BCUT2D eigenvalue weighted by molar-refractivity contribution is 0.106. The minimum atomic E-state index is -0.711. The van der Waals surface area contributed by atoms with E-state index in [1.807, 2.05) is 12.1 Å². The smallest absolute Gasteiger partial charge is 0.334 e. The van der Waals surface area contributed by atoms with Crippen LogP contribution in [-0.4, -0.2) is 29.6 Å². The molecule has 86 valence electrons. The first-order valence-corrected chi connectivity index (χ1v) is 5.03. The van der Waals surface area contributed by atoms with Crippen molar-refractivity contribution < 1.29 is 9.59 Å². The van der Waals surface area contributed by atoms with Crippen molar-refractivity contribution in [2.75, 3.05) is 7.05 Å². The minimum absolute atomic E-state index is 0.199. The number of fused-ring (bicyclic) bond motifs is 1. The van der Waals surface area contributed by atoms with E-state index in [4.69, 9.17) is 5.73 Å². The number of carbonyl (C=O) groups is 2. The molecule has 5 heteroatoms. The standard InChI is InChI=1S/C12H11N3O2/c1-15(12(13)17)14-10-7-6-8-4-2-3-5-9(8)11(10)16/h2-7H,1H3,(H2,13,17)/b14-10-. The van der Waals surface area contributed by atoms with Gasteiger partial charge in [-0.15, -0.1) is 0 Å². The number of urea groups is 1. The maximum Gasteiger partial charge on any atom is 0.334 e. The van der Waals surface area contributed by atoms with Crippen LogP contribution in [0, 0.1) is 0 Å². The molecule has 2 N–H and O–H groups in total. The molecule has 1 aliphatic rings. The fourth-order valence-corrected chi connectivity index (χ4v) is 1.52. The van der Waals surface area contributed by atoms with Gasteiger partial charge in [0.1, 0.15) is 5.71 Å². The van der Waals surface area contributed by atoms with E-state index in [2.05, 4.69) is 5.10 Å². The third-order valence-electron chi connectivity index (χ3n) is 2.44. The second-order valence-electron chi connectivity index (χ2n) is 3.60. The normalized spacial score (nSPS) is 15.8. The fraction of sp³-hybridized carbons (Fsp3) is 0.0833. The number of rotatable bonds is 1. The molecular formula is C12H11N3O2. The number of nitrogens with two attached hydrogens (primary N) is 1. The van der Waals surface area contributed by atoms with Gasteiger partial charge in [0, 0.05) is 12.6 Å². The van der Waals surface area contributed by atoms with Crippen LogP contribution < -0.4 is 5.73 Å². The molecule has 0 atom stereocenters. The lowest BCUT2D eigenvalue weighted by Crippen LogP contribution is -2.30. The van der Waals surface area contributed by atoms with Crippen LogP contribution >= 0.6 is 0 Å². The van der Waals surface area contributed by atoms with Crippen molar-refractivity contribution in [1.29, 1.82) is 0 Å². The molecule has 0 fully saturated rings. The van der Waals surface area contributed by atoms with Gasteiger partial charge in [-0.1, -0.05) is 30.3 Å². The van der Waals surface area contributed by atoms with Gasteiger partial charge < -0.3 is 5.73 Å². The molecule has 5 nitrogen and oxygen atoms in total. The zero-order chi connectivity index (χ0) is 12.4. The maximum atomic E-state index is 12.0. The van der Waals surface area contributed by atoms with Gasteiger partial charge in [0.25, 0.3) is 0 Å². The van der Waals surface area contributed by atoms with E-state index in [-0.39, 0.29) is 11.5 Å². The van der Waals surface area contributed by atoms with Crippen LogP contribution in [-0.2, 0) is 0 Å². The Balaban J connectivity index is 2.39. The number of ketones is 1. The van der Waals surface area contributed by atoms with E-state index in [9.17, 15) is 9.59 Å². The zero-order valence-corrected chi connectivity index (χ0v) is 9.25. The SMILES string of the molecule is CN(/N=C1/C=Cc2ccccc2C1=O)C(N)=O. The number of hydrazone groups is 1. The number of Topliss-reactive ketones (excluding diaryl/α,β-unsaturated/α-hetero) is 1. The Morgan fingerprint density at radius 2 is 2.00 bits per heavy atom. The number of amides is 2. The summed E-state index contributed by atoms with van der Waals surface area (Å²) >= 11 is 0. The van der Waals surface area contributed by atoms with Crippen molar-refractivity contribution in [3.05, 3.63) is 41.5 Å². The number of carbonyl (C=O) groups excluding carboxylic acids is 2. The first kappa shape index (κ1) is 11.1. The van der Waals surface area contributed by atoms with Crippen LogP contribution in [0.3, 0.4) is 0 Å². The lowest BCUT2D eigenvalue weighted by Gasteiger charge is -2.13. The van der Waals surface area contributed by atoms with Crippen molar-refractivity contribution in [1.82, 2.24) is 5.01 Å². The Morgan fingerprint density at radius 1 is 1.29 bits per heavy atom. The van der Waals surface area contributed by atoms with Crippen LogP contribution in [0.4, 0.5) is 4.79 Å². The summed E-state index contributed by atoms with van der Waals surface area (Å²) in [6.07, 6.45) is 3.36. The molecule has 2 amide bonds. The topological polar surface area (TPSA) is 75.8 Å². The molecule has 0 saturated heterocycles. The lowest BCUT2D eigenvalue weighted by atomic mass is 9.95. The second-order valence-corrected chi connectivity index (χ2v) is 3.60. The van der Waals surface area contributed by atoms with Crippen molar-refractivity contribution in [2.45, 2.75) is 0 Å². The van der Waals surface area contributed by atoms with Crippen LogP contribution in [0.2, 0.25) is 0 Å². The molecule has 0 unspecified atom stereocenters. The summed E-state index contributed by atoms with van der Waals surface area (Å²) in [7, 11) is 1.40.